The average molecular weight is 250 g/mol. The quantitative estimate of drug-likeness (QED) is 0.779. The van der Waals surface area contributed by atoms with E-state index in [1.165, 1.54) is 44.9 Å². The van der Waals surface area contributed by atoms with Crippen LogP contribution in [0.1, 0.15) is 51.4 Å². The summed E-state index contributed by atoms with van der Waals surface area (Å²) in [5, 5.41) is 3.50. The molecule has 102 valence electrons. The Morgan fingerprint density at radius 1 is 1.17 bits per heavy atom. The summed E-state index contributed by atoms with van der Waals surface area (Å²) in [5.74, 6) is 1.27. The van der Waals surface area contributed by atoms with Crippen LogP contribution in [0.3, 0.4) is 0 Å². The maximum absolute atomic E-state index is 11.6. The standard InChI is InChI=1S/C15H26N2O/c18-14-6-11-17(14)12-15(7-9-16-10-8-15)13-4-2-1-3-5-13/h13,16H,1-12H2. The van der Waals surface area contributed by atoms with Crippen molar-refractivity contribution < 1.29 is 4.79 Å². The molecule has 0 aromatic heterocycles. The molecule has 0 spiro atoms. The third-order valence-electron chi connectivity index (χ3n) is 5.52. The lowest BCUT2D eigenvalue weighted by Gasteiger charge is -2.49. The van der Waals surface area contributed by atoms with Gasteiger partial charge in [-0.15, -0.1) is 0 Å². The van der Waals surface area contributed by atoms with Crippen molar-refractivity contribution in [1.29, 1.82) is 0 Å². The first-order chi connectivity index (χ1) is 8.80. The summed E-state index contributed by atoms with van der Waals surface area (Å²) in [6.45, 7) is 4.37. The maximum Gasteiger partial charge on any atom is 0.224 e. The predicted octanol–water partition coefficient (Wildman–Crippen LogP) is 2.17. The first-order valence-electron chi connectivity index (χ1n) is 7.79. The Bertz CT molecular complexity index is 304. The molecule has 3 rings (SSSR count). The van der Waals surface area contributed by atoms with Crippen LogP contribution in [-0.4, -0.2) is 37.0 Å². The Kier molecular flexibility index (Phi) is 3.60. The smallest absolute Gasteiger partial charge is 0.224 e. The van der Waals surface area contributed by atoms with Crippen molar-refractivity contribution in [2.75, 3.05) is 26.2 Å². The van der Waals surface area contributed by atoms with E-state index in [0.29, 0.717) is 11.3 Å². The van der Waals surface area contributed by atoms with Crippen LogP contribution in [0.15, 0.2) is 0 Å². The van der Waals surface area contributed by atoms with Crippen LogP contribution in [0.25, 0.3) is 0 Å². The molecule has 18 heavy (non-hydrogen) atoms. The van der Waals surface area contributed by atoms with Crippen LogP contribution in [-0.2, 0) is 4.79 Å². The van der Waals surface area contributed by atoms with E-state index in [4.69, 9.17) is 0 Å². The van der Waals surface area contributed by atoms with Crippen LogP contribution in [0, 0.1) is 11.3 Å². The normalized spacial score (nSPS) is 29.1. The van der Waals surface area contributed by atoms with Crippen LogP contribution < -0.4 is 5.32 Å². The van der Waals surface area contributed by atoms with Gasteiger partial charge < -0.3 is 10.2 Å². The first kappa shape index (κ1) is 12.5. The highest BCUT2D eigenvalue weighted by molar-refractivity contribution is 5.81. The number of β-lactam (4-membered cyclic amide) rings is 1. The van der Waals surface area contributed by atoms with Crippen molar-refractivity contribution >= 4 is 5.91 Å². The molecule has 3 nitrogen and oxygen atoms in total. The van der Waals surface area contributed by atoms with E-state index in [-0.39, 0.29) is 0 Å². The van der Waals surface area contributed by atoms with Crippen molar-refractivity contribution in [2.45, 2.75) is 51.4 Å². The molecule has 2 aliphatic heterocycles. The van der Waals surface area contributed by atoms with Gasteiger partial charge in [0.2, 0.25) is 5.91 Å². The SMILES string of the molecule is O=C1CCN1CC1(C2CCCCC2)CCNCC1. The number of carbonyl (C=O) groups excluding carboxylic acids is 1. The topological polar surface area (TPSA) is 32.3 Å². The first-order valence-corrected chi connectivity index (χ1v) is 7.79. The Morgan fingerprint density at radius 2 is 1.89 bits per heavy atom. The second kappa shape index (κ2) is 5.20. The van der Waals surface area contributed by atoms with Gasteiger partial charge >= 0.3 is 0 Å². The Morgan fingerprint density at radius 3 is 2.44 bits per heavy atom. The van der Waals surface area contributed by atoms with E-state index in [0.717, 1.165) is 38.5 Å². The Labute approximate surface area is 110 Å². The summed E-state index contributed by atoms with van der Waals surface area (Å²) in [6, 6.07) is 0. The van der Waals surface area contributed by atoms with Crippen LogP contribution in [0.5, 0.6) is 0 Å². The molecule has 2 saturated heterocycles. The van der Waals surface area contributed by atoms with Gasteiger partial charge in [0.15, 0.2) is 0 Å². The highest BCUT2D eigenvalue weighted by Crippen LogP contribution is 2.45. The highest BCUT2D eigenvalue weighted by atomic mass is 16.2. The Balaban J connectivity index is 1.71. The molecule has 2 heterocycles. The molecular formula is C15H26N2O. The predicted molar refractivity (Wildman–Crippen MR) is 72.3 cm³/mol. The third-order valence-corrected chi connectivity index (χ3v) is 5.52. The molecule has 0 radical (unpaired) electrons. The molecule has 1 aliphatic carbocycles. The summed E-state index contributed by atoms with van der Waals surface area (Å²) in [6.07, 6.45) is 10.4. The number of nitrogens with one attached hydrogen (secondary N) is 1. The maximum atomic E-state index is 11.6. The van der Waals surface area contributed by atoms with Gasteiger partial charge in [0, 0.05) is 19.5 Å². The lowest BCUT2D eigenvalue weighted by Crippen LogP contribution is -2.54. The van der Waals surface area contributed by atoms with Crippen molar-refractivity contribution in [3.05, 3.63) is 0 Å². The van der Waals surface area contributed by atoms with Gasteiger partial charge in [-0.2, -0.15) is 0 Å². The number of hydrogen-bond acceptors (Lipinski definition) is 2. The van der Waals surface area contributed by atoms with Gasteiger partial charge in [-0.05, 0) is 50.1 Å². The minimum absolute atomic E-state index is 0.392. The van der Waals surface area contributed by atoms with E-state index < -0.39 is 0 Å². The van der Waals surface area contributed by atoms with Gasteiger partial charge in [0.05, 0.1) is 0 Å². The number of nitrogens with zero attached hydrogens (tertiary/aromatic N) is 1. The van der Waals surface area contributed by atoms with Crippen LogP contribution in [0.4, 0.5) is 0 Å². The molecule has 1 N–H and O–H groups in total. The van der Waals surface area contributed by atoms with Gasteiger partial charge in [-0.25, -0.2) is 0 Å². The highest BCUT2D eigenvalue weighted by Gasteiger charge is 2.43. The summed E-state index contributed by atoms with van der Waals surface area (Å²) in [7, 11) is 0. The second-order valence-electron chi connectivity index (χ2n) is 6.51. The number of carbonyl (C=O) groups is 1. The van der Waals surface area contributed by atoms with Crippen molar-refractivity contribution in [1.82, 2.24) is 10.2 Å². The number of rotatable bonds is 3. The molecule has 1 amide bonds. The number of hydrogen-bond donors (Lipinski definition) is 1. The monoisotopic (exact) mass is 250 g/mol. The number of piperidine rings is 1. The van der Waals surface area contributed by atoms with E-state index in [1.54, 1.807) is 0 Å². The zero-order valence-electron chi connectivity index (χ0n) is 11.4. The Hall–Kier alpha value is -0.570. The average Bonchev–Trinajstić information content (AvgIpc) is 2.45. The molecule has 3 heteroatoms. The zero-order valence-corrected chi connectivity index (χ0v) is 11.4. The molecule has 0 aromatic carbocycles. The fourth-order valence-electron chi connectivity index (χ4n) is 4.24. The van der Waals surface area contributed by atoms with Crippen molar-refractivity contribution in [3.63, 3.8) is 0 Å². The van der Waals surface area contributed by atoms with Gasteiger partial charge in [-0.1, -0.05) is 19.3 Å². The van der Waals surface area contributed by atoms with Crippen LogP contribution >= 0.6 is 0 Å². The van der Waals surface area contributed by atoms with Crippen LogP contribution in [0.2, 0.25) is 0 Å². The molecular weight excluding hydrogens is 224 g/mol. The summed E-state index contributed by atoms with van der Waals surface area (Å²) in [5.41, 5.74) is 0.446. The molecule has 3 fully saturated rings. The van der Waals surface area contributed by atoms with E-state index in [1.807, 2.05) is 0 Å². The second-order valence-corrected chi connectivity index (χ2v) is 6.51. The lowest BCUT2D eigenvalue weighted by molar-refractivity contribution is -0.143. The van der Waals surface area contributed by atoms with E-state index >= 15 is 0 Å². The minimum atomic E-state index is 0.392. The minimum Gasteiger partial charge on any atom is -0.342 e. The molecule has 0 unspecified atom stereocenters. The van der Waals surface area contributed by atoms with E-state index in [2.05, 4.69) is 10.2 Å². The number of amides is 1. The summed E-state index contributed by atoms with van der Waals surface area (Å²) < 4.78 is 0. The third kappa shape index (κ3) is 2.29. The van der Waals surface area contributed by atoms with Crippen molar-refractivity contribution in [3.8, 4) is 0 Å². The van der Waals surface area contributed by atoms with Crippen molar-refractivity contribution in [2.24, 2.45) is 11.3 Å². The molecule has 1 saturated carbocycles. The van der Waals surface area contributed by atoms with Gasteiger partial charge in [0.1, 0.15) is 0 Å². The van der Waals surface area contributed by atoms with Gasteiger partial charge in [-0.3, -0.25) is 4.79 Å². The fraction of sp³-hybridized carbons (Fsp3) is 0.933. The van der Waals surface area contributed by atoms with E-state index in [9.17, 15) is 4.79 Å². The molecule has 3 aliphatic rings. The summed E-state index contributed by atoms with van der Waals surface area (Å²) >= 11 is 0. The number of likely N-dealkylation sites (tertiary alicyclic amines) is 1. The lowest BCUT2D eigenvalue weighted by atomic mass is 9.63. The largest absolute Gasteiger partial charge is 0.342 e. The molecule has 0 bridgehead atoms. The fourth-order valence-corrected chi connectivity index (χ4v) is 4.24. The molecule has 0 atom stereocenters. The summed E-state index contributed by atoms with van der Waals surface area (Å²) in [4.78, 5) is 13.8. The molecule has 0 aromatic rings. The zero-order chi connectivity index (χ0) is 12.4. The van der Waals surface area contributed by atoms with Gasteiger partial charge in [0.25, 0.3) is 0 Å².